The van der Waals surface area contributed by atoms with E-state index in [1.165, 1.54) is 11.8 Å². The van der Waals surface area contributed by atoms with E-state index in [1.54, 1.807) is 0 Å². The number of carbonyl (C=O) groups is 5. The number of nitrogens with two attached hydrogens (primary N) is 4. The smallest absolute Gasteiger partial charge is 0.326 e. The van der Waals surface area contributed by atoms with Crippen LogP contribution in [-0.2, 0) is 24.0 Å². The molecule has 0 spiro atoms. The number of nitrogens with zero attached hydrogens (tertiary/aromatic N) is 1. The van der Waals surface area contributed by atoms with E-state index in [0.29, 0.717) is 31.6 Å². The summed E-state index contributed by atoms with van der Waals surface area (Å²) < 4.78 is 0. The molecule has 4 atom stereocenters. The topological polar surface area (TPSA) is 278 Å². The third kappa shape index (κ3) is 15.6. The average Bonchev–Trinajstić information content (AvgIpc) is 2.82. The van der Waals surface area contributed by atoms with Gasteiger partial charge in [-0.2, -0.15) is 11.8 Å². The Morgan fingerprint density at radius 1 is 0.838 bits per heavy atom. The van der Waals surface area contributed by atoms with Crippen LogP contribution in [0.15, 0.2) is 4.99 Å². The summed E-state index contributed by atoms with van der Waals surface area (Å²) in [6.07, 6.45) is 2.75. The van der Waals surface area contributed by atoms with Crippen LogP contribution in [0.4, 0.5) is 0 Å². The number of unbranched alkanes of at least 4 members (excludes halogenated alkanes) is 1. The predicted molar refractivity (Wildman–Crippen MR) is 139 cm³/mol. The van der Waals surface area contributed by atoms with Crippen LogP contribution in [0.25, 0.3) is 0 Å². The number of carboxylic acid groups (broad SMARTS) is 2. The molecule has 4 unspecified atom stereocenters. The number of rotatable bonds is 20. The Hall–Kier alpha value is -3.11. The minimum absolute atomic E-state index is 0.0208. The fourth-order valence-electron chi connectivity index (χ4n) is 3.11. The van der Waals surface area contributed by atoms with E-state index in [0.717, 1.165) is 0 Å². The first-order valence-electron chi connectivity index (χ1n) is 11.8. The molecule has 0 aromatic carbocycles. The first-order chi connectivity index (χ1) is 17.4. The first kappa shape index (κ1) is 33.9. The van der Waals surface area contributed by atoms with Gasteiger partial charge in [-0.3, -0.25) is 24.2 Å². The molecule has 0 aliphatic rings. The summed E-state index contributed by atoms with van der Waals surface area (Å²) in [6.45, 7) is 0.491. The van der Waals surface area contributed by atoms with Crippen LogP contribution in [0.5, 0.6) is 0 Å². The molecule has 0 bridgehead atoms. The van der Waals surface area contributed by atoms with Crippen molar-refractivity contribution >= 4 is 47.4 Å². The summed E-state index contributed by atoms with van der Waals surface area (Å²) in [5, 5.41) is 25.8. The van der Waals surface area contributed by atoms with Crippen LogP contribution in [0.3, 0.4) is 0 Å². The SMILES string of the molecule is CSCCC(N)C(=O)NC(CC(=O)O)C(=O)NC(CCCCN)C(=O)NC(CCCN=C(N)N)C(=O)O. The van der Waals surface area contributed by atoms with Gasteiger partial charge < -0.3 is 49.1 Å². The highest BCUT2D eigenvalue weighted by Crippen LogP contribution is 2.06. The number of thioether (sulfide) groups is 1. The van der Waals surface area contributed by atoms with Gasteiger partial charge in [0.15, 0.2) is 5.96 Å². The summed E-state index contributed by atoms with van der Waals surface area (Å²) in [6, 6.07) is -4.92. The van der Waals surface area contributed by atoms with E-state index in [-0.39, 0.29) is 31.8 Å². The maximum absolute atomic E-state index is 12.9. The van der Waals surface area contributed by atoms with Crippen LogP contribution < -0.4 is 38.9 Å². The van der Waals surface area contributed by atoms with E-state index >= 15 is 0 Å². The largest absolute Gasteiger partial charge is 0.481 e. The van der Waals surface area contributed by atoms with Gasteiger partial charge in [0.05, 0.1) is 12.5 Å². The van der Waals surface area contributed by atoms with E-state index in [4.69, 9.17) is 22.9 Å². The van der Waals surface area contributed by atoms with E-state index in [2.05, 4.69) is 20.9 Å². The van der Waals surface area contributed by atoms with Crippen molar-refractivity contribution in [2.24, 2.45) is 27.9 Å². The van der Waals surface area contributed by atoms with E-state index in [1.807, 2.05) is 6.26 Å². The van der Waals surface area contributed by atoms with Gasteiger partial charge in [0.25, 0.3) is 0 Å². The molecular weight excluding hydrogens is 508 g/mol. The molecule has 0 aliphatic carbocycles. The second-order valence-corrected chi connectivity index (χ2v) is 9.23. The van der Waals surface area contributed by atoms with Crippen molar-refractivity contribution < 1.29 is 34.2 Å². The van der Waals surface area contributed by atoms with Crippen LogP contribution in [0.2, 0.25) is 0 Å². The summed E-state index contributed by atoms with van der Waals surface area (Å²) in [5.74, 6) is -4.60. The van der Waals surface area contributed by atoms with Gasteiger partial charge in [0, 0.05) is 6.54 Å². The molecule has 0 aromatic heterocycles. The zero-order valence-electron chi connectivity index (χ0n) is 21.0. The molecule has 0 aromatic rings. The van der Waals surface area contributed by atoms with Crippen LogP contribution >= 0.6 is 11.8 Å². The van der Waals surface area contributed by atoms with Gasteiger partial charge >= 0.3 is 11.9 Å². The monoisotopic (exact) mass is 548 g/mol. The summed E-state index contributed by atoms with van der Waals surface area (Å²) in [5.41, 5.74) is 21.8. The lowest BCUT2D eigenvalue weighted by Gasteiger charge is -2.24. The second-order valence-electron chi connectivity index (χ2n) is 8.24. The molecule has 0 radical (unpaired) electrons. The number of aliphatic imine (C=N–C) groups is 1. The molecule has 212 valence electrons. The molecule has 0 rings (SSSR count). The lowest BCUT2D eigenvalue weighted by Crippen LogP contribution is -2.57. The molecular formula is C21H40N8O7S. The van der Waals surface area contributed by atoms with Gasteiger partial charge in [-0.15, -0.1) is 0 Å². The second kappa shape index (κ2) is 19.1. The Kier molecular flexibility index (Phi) is 17.5. The van der Waals surface area contributed by atoms with Crippen molar-refractivity contribution in [2.75, 3.05) is 25.1 Å². The summed E-state index contributed by atoms with van der Waals surface area (Å²) in [4.78, 5) is 64.9. The molecule has 0 aliphatic heterocycles. The van der Waals surface area contributed by atoms with Gasteiger partial charge in [0.2, 0.25) is 17.7 Å². The van der Waals surface area contributed by atoms with Crippen LogP contribution in [0.1, 0.15) is 44.9 Å². The molecule has 0 heterocycles. The van der Waals surface area contributed by atoms with Crippen molar-refractivity contribution in [1.82, 2.24) is 16.0 Å². The number of aliphatic carboxylic acids is 2. The lowest BCUT2D eigenvalue weighted by molar-refractivity contribution is -0.143. The van der Waals surface area contributed by atoms with Gasteiger partial charge in [-0.1, -0.05) is 0 Å². The zero-order chi connectivity index (χ0) is 28.4. The van der Waals surface area contributed by atoms with Crippen molar-refractivity contribution in [3.63, 3.8) is 0 Å². The fraction of sp³-hybridized carbons (Fsp3) is 0.714. The minimum Gasteiger partial charge on any atom is -0.481 e. The van der Waals surface area contributed by atoms with Crippen molar-refractivity contribution in [3.05, 3.63) is 0 Å². The summed E-state index contributed by atoms with van der Waals surface area (Å²) >= 11 is 1.47. The summed E-state index contributed by atoms with van der Waals surface area (Å²) in [7, 11) is 0. The Morgan fingerprint density at radius 2 is 1.41 bits per heavy atom. The zero-order valence-corrected chi connectivity index (χ0v) is 21.8. The molecule has 0 saturated carbocycles. The van der Waals surface area contributed by atoms with Crippen molar-refractivity contribution in [1.29, 1.82) is 0 Å². The van der Waals surface area contributed by atoms with Crippen LogP contribution in [-0.4, -0.2) is 95.1 Å². The molecule has 0 fully saturated rings. The highest BCUT2D eigenvalue weighted by atomic mass is 32.2. The van der Waals surface area contributed by atoms with Crippen LogP contribution in [0, 0.1) is 0 Å². The van der Waals surface area contributed by atoms with Crippen molar-refractivity contribution in [3.8, 4) is 0 Å². The van der Waals surface area contributed by atoms with E-state index in [9.17, 15) is 34.2 Å². The Labute approximate surface area is 219 Å². The fourth-order valence-corrected chi connectivity index (χ4v) is 3.60. The highest BCUT2D eigenvalue weighted by Gasteiger charge is 2.31. The molecule has 16 heteroatoms. The first-order valence-corrected chi connectivity index (χ1v) is 13.2. The molecule has 3 amide bonds. The number of amides is 3. The number of guanidine groups is 1. The Morgan fingerprint density at radius 3 is 1.95 bits per heavy atom. The standard InChI is InChI=1S/C21H40N8O7S/c1-37-10-7-12(23)17(32)29-15(11-16(30)31)19(34)27-13(5-2-3-8-22)18(33)28-14(20(35)36)6-4-9-26-21(24)25/h12-15H,2-11,22-23H2,1H3,(H,27,34)(H,28,33)(H,29,32)(H,30,31)(H,35,36)(H4,24,25,26). The Bertz CT molecular complexity index is 795. The number of hydrogen-bond donors (Lipinski definition) is 9. The number of carbonyl (C=O) groups excluding carboxylic acids is 3. The quantitative estimate of drug-likeness (QED) is 0.0425. The number of nitrogens with one attached hydrogen (secondary N) is 3. The third-order valence-corrected chi connectivity index (χ3v) is 5.77. The Balaban J connectivity index is 5.48. The molecule has 13 N–H and O–H groups in total. The molecule has 37 heavy (non-hydrogen) atoms. The lowest BCUT2D eigenvalue weighted by atomic mass is 10.1. The highest BCUT2D eigenvalue weighted by molar-refractivity contribution is 7.98. The average molecular weight is 549 g/mol. The van der Waals surface area contributed by atoms with Gasteiger partial charge in [-0.25, -0.2) is 4.79 Å². The minimum atomic E-state index is -1.50. The van der Waals surface area contributed by atoms with Crippen molar-refractivity contribution in [2.45, 2.75) is 69.1 Å². The maximum Gasteiger partial charge on any atom is 0.326 e. The molecule has 15 nitrogen and oxygen atoms in total. The van der Waals surface area contributed by atoms with Gasteiger partial charge in [0.1, 0.15) is 18.1 Å². The molecule has 0 saturated heterocycles. The predicted octanol–water partition coefficient (Wildman–Crippen LogP) is -2.74. The number of carboxylic acids is 2. The normalized spacial score (nSPS) is 13.9. The van der Waals surface area contributed by atoms with E-state index < -0.39 is 60.2 Å². The third-order valence-electron chi connectivity index (χ3n) is 5.12. The van der Waals surface area contributed by atoms with Gasteiger partial charge in [-0.05, 0) is 57.1 Å². The number of hydrogen-bond acceptors (Lipinski definition) is 9. The maximum atomic E-state index is 12.9.